The highest BCUT2D eigenvalue weighted by molar-refractivity contribution is 5.21. The fourth-order valence-electron chi connectivity index (χ4n) is 1.19. The first-order chi connectivity index (χ1) is 7.72. The van der Waals surface area contributed by atoms with Crippen molar-refractivity contribution < 1.29 is 4.74 Å². The van der Waals surface area contributed by atoms with Crippen molar-refractivity contribution in [1.82, 2.24) is 0 Å². The van der Waals surface area contributed by atoms with E-state index in [9.17, 15) is 0 Å². The van der Waals surface area contributed by atoms with Gasteiger partial charge in [0.05, 0.1) is 0 Å². The summed E-state index contributed by atoms with van der Waals surface area (Å²) < 4.78 is 5.66. The molecule has 0 aromatic heterocycles. The van der Waals surface area contributed by atoms with Gasteiger partial charge in [-0.15, -0.1) is 0 Å². The average molecular weight is 214 g/mol. The second-order valence-electron chi connectivity index (χ2n) is 3.65. The highest BCUT2D eigenvalue weighted by atomic mass is 16.5. The molecule has 0 spiro atoms. The van der Waals surface area contributed by atoms with Crippen molar-refractivity contribution in [2.75, 3.05) is 0 Å². The van der Waals surface area contributed by atoms with Crippen molar-refractivity contribution in [1.29, 1.82) is 0 Å². The minimum absolute atomic E-state index is 0.598. The predicted molar refractivity (Wildman–Crippen MR) is 68.9 cm³/mol. The molecule has 1 nitrogen and oxygen atoms in total. The molecule has 1 aromatic carbocycles. The lowest BCUT2D eigenvalue weighted by Gasteiger charge is -2.06. The summed E-state index contributed by atoms with van der Waals surface area (Å²) in [4.78, 5) is 0. The molecule has 0 aliphatic carbocycles. The summed E-state index contributed by atoms with van der Waals surface area (Å²) in [5.74, 6) is 0.867. The van der Waals surface area contributed by atoms with E-state index in [1.807, 2.05) is 50.3 Å². The molecular formula is C15H18O. The van der Waals surface area contributed by atoms with Gasteiger partial charge in [0.15, 0.2) is 0 Å². The van der Waals surface area contributed by atoms with Crippen LogP contribution in [0.25, 0.3) is 0 Å². The smallest absolute Gasteiger partial charge is 0.115 e. The molecule has 0 unspecified atom stereocenters. The zero-order chi connectivity index (χ0) is 11.8. The maximum Gasteiger partial charge on any atom is 0.115 e. The van der Waals surface area contributed by atoms with E-state index in [-0.39, 0.29) is 0 Å². The van der Waals surface area contributed by atoms with Crippen LogP contribution in [0.5, 0.6) is 0 Å². The molecule has 1 aromatic rings. The Kier molecular flexibility index (Phi) is 5.13. The number of benzene rings is 1. The highest BCUT2D eigenvalue weighted by Crippen LogP contribution is 2.07. The summed E-state index contributed by atoms with van der Waals surface area (Å²) in [6.45, 7) is 8.33. The van der Waals surface area contributed by atoms with E-state index in [4.69, 9.17) is 4.74 Å². The Morgan fingerprint density at radius 3 is 2.50 bits per heavy atom. The average Bonchev–Trinajstić information content (AvgIpc) is 2.30. The molecule has 0 aliphatic rings. The minimum Gasteiger partial charge on any atom is -0.489 e. The van der Waals surface area contributed by atoms with Gasteiger partial charge < -0.3 is 4.74 Å². The summed E-state index contributed by atoms with van der Waals surface area (Å²) in [5.41, 5.74) is 2.19. The maximum absolute atomic E-state index is 5.66. The molecule has 0 N–H and O–H groups in total. The molecule has 0 bridgehead atoms. The van der Waals surface area contributed by atoms with Crippen LogP contribution >= 0.6 is 0 Å². The second kappa shape index (κ2) is 6.67. The number of allylic oxidation sites excluding steroid dienone is 4. The molecule has 1 heteroatoms. The van der Waals surface area contributed by atoms with E-state index in [0.717, 1.165) is 11.3 Å². The van der Waals surface area contributed by atoms with Gasteiger partial charge in [-0.25, -0.2) is 0 Å². The predicted octanol–water partition coefficient (Wildman–Crippen LogP) is 4.24. The fraction of sp³-hybridized carbons (Fsp3) is 0.200. The Morgan fingerprint density at radius 2 is 1.94 bits per heavy atom. The first kappa shape index (κ1) is 12.3. The number of ether oxygens (including phenoxy) is 1. The van der Waals surface area contributed by atoms with Crippen molar-refractivity contribution in [2.45, 2.75) is 20.5 Å². The van der Waals surface area contributed by atoms with Gasteiger partial charge in [-0.05, 0) is 31.6 Å². The van der Waals surface area contributed by atoms with Gasteiger partial charge in [0.1, 0.15) is 12.4 Å². The SMILES string of the molecule is C=C(C)/C=C\C(=C/C)OCc1ccccc1. The van der Waals surface area contributed by atoms with E-state index in [2.05, 4.69) is 18.7 Å². The quantitative estimate of drug-likeness (QED) is 0.526. The fourth-order valence-corrected chi connectivity index (χ4v) is 1.19. The molecule has 0 heterocycles. The van der Waals surface area contributed by atoms with Crippen LogP contribution in [0.3, 0.4) is 0 Å². The molecule has 0 atom stereocenters. The van der Waals surface area contributed by atoms with Crippen LogP contribution in [0.1, 0.15) is 19.4 Å². The number of hydrogen-bond acceptors (Lipinski definition) is 1. The zero-order valence-corrected chi connectivity index (χ0v) is 9.94. The molecule has 16 heavy (non-hydrogen) atoms. The van der Waals surface area contributed by atoms with Crippen LogP contribution in [0.2, 0.25) is 0 Å². The third-order valence-electron chi connectivity index (χ3n) is 2.06. The highest BCUT2D eigenvalue weighted by Gasteiger charge is 1.94. The lowest BCUT2D eigenvalue weighted by molar-refractivity contribution is 0.210. The van der Waals surface area contributed by atoms with Gasteiger partial charge in [0.2, 0.25) is 0 Å². The Morgan fingerprint density at radius 1 is 1.25 bits per heavy atom. The Balaban J connectivity index is 2.50. The van der Waals surface area contributed by atoms with Crippen molar-refractivity contribution in [3.05, 3.63) is 72.0 Å². The van der Waals surface area contributed by atoms with Gasteiger partial charge in [-0.2, -0.15) is 0 Å². The normalized spacial score (nSPS) is 11.8. The summed E-state index contributed by atoms with van der Waals surface area (Å²) in [7, 11) is 0. The van der Waals surface area contributed by atoms with Gasteiger partial charge in [-0.1, -0.05) is 48.6 Å². The minimum atomic E-state index is 0.598. The summed E-state index contributed by atoms with van der Waals surface area (Å²) in [6, 6.07) is 10.1. The second-order valence-corrected chi connectivity index (χ2v) is 3.65. The van der Waals surface area contributed by atoms with Crippen LogP contribution < -0.4 is 0 Å². The summed E-state index contributed by atoms with van der Waals surface area (Å²) >= 11 is 0. The van der Waals surface area contributed by atoms with Crippen LogP contribution in [0, 0.1) is 0 Å². The van der Waals surface area contributed by atoms with Crippen LogP contribution in [0.15, 0.2) is 66.5 Å². The topological polar surface area (TPSA) is 9.23 Å². The maximum atomic E-state index is 5.66. The third kappa shape index (κ3) is 4.65. The van der Waals surface area contributed by atoms with Crippen molar-refractivity contribution >= 4 is 0 Å². The zero-order valence-electron chi connectivity index (χ0n) is 9.94. The van der Waals surface area contributed by atoms with Crippen LogP contribution in [-0.4, -0.2) is 0 Å². The van der Waals surface area contributed by atoms with Crippen LogP contribution in [0.4, 0.5) is 0 Å². The van der Waals surface area contributed by atoms with Crippen molar-refractivity contribution in [2.24, 2.45) is 0 Å². The number of rotatable bonds is 5. The molecule has 0 amide bonds. The first-order valence-corrected chi connectivity index (χ1v) is 5.39. The van der Waals surface area contributed by atoms with Gasteiger partial charge >= 0.3 is 0 Å². The molecular weight excluding hydrogens is 196 g/mol. The molecule has 0 radical (unpaired) electrons. The Hall–Kier alpha value is -1.76. The van der Waals surface area contributed by atoms with E-state index < -0.39 is 0 Å². The first-order valence-electron chi connectivity index (χ1n) is 5.39. The third-order valence-corrected chi connectivity index (χ3v) is 2.06. The largest absolute Gasteiger partial charge is 0.489 e. The molecule has 0 saturated carbocycles. The Labute approximate surface area is 97.8 Å². The summed E-state index contributed by atoms with van der Waals surface area (Å²) in [6.07, 6.45) is 5.83. The number of hydrogen-bond donors (Lipinski definition) is 0. The monoisotopic (exact) mass is 214 g/mol. The van der Waals surface area contributed by atoms with E-state index in [0.29, 0.717) is 6.61 Å². The van der Waals surface area contributed by atoms with Crippen molar-refractivity contribution in [3.8, 4) is 0 Å². The van der Waals surface area contributed by atoms with Gasteiger partial charge in [0, 0.05) is 0 Å². The van der Waals surface area contributed by atoms with Gasteiger partial charge in [-0.3, -0.25) is 0 Å². The molecule has 84 valence electrons. The Bertz CT molecular complexity index is 385. The lowest BCUT2D eigenvalue weighted by atomic mass is 10.2. The van der Waals surface area contributed by atoms with Crippen LogP contribution in [-0.2, 0) is 11.3 Å². The molecule has 0 fully saturated rings. The van der Waals surface area contributed by atoms with E-state index in [1.165, 1.54) is 5.56 Å². The molecule has 0 saturated heterocycles. The van der Waals surface area contributed by atoms with Crippen molar-refractivity contribution in [3.63, 3.8) is 0 Å². The lowest BCUT2D eigenvalue weighted by Crippen LogP contribution is -1.91. The van der Waals surface area contributed by atoms with E-state index >= 15 is 0 Å². The van der Waals surface area contributed by atoms with E-state index in [1.54, 1.807) is 0 Å². The van der Waals surface area contributed by atoms with Gasteiger partial charge in [0.25, 0.3) is 0 Å². The summed E-state index contributed by atoms with van der Waals surface area (Å²) in [5, 5.41) is 0. The standard InChI is InChI=1S/C15H18O/c1-4-15(11-10-13(2)3)16-12-14-8-6-5-7-9-14/h4-11H,2,12H2,1,3H3/b11-10-,15-4+. The molecule has 1 rings (SSSR count). The molecule has 0 aliphatic heterocycles.